The Labute approximate surface area is 99.5 Å². The molecule has 0 unspecified atom stereocenters. The highest BCUT2D eigenvalue weighted by Gasteiger charge is 2.14. The maximum Gasteiger partial charge on any atom is 0.0484 e. The maximum absolute atomic E-state index is 3.39. The minimum absolute atomic E-state index is 1.07. The minimum atomic E-state index is 1.07. The molecule has 2 aliphatic rings. The first kappa shape index (κ1) is 12.1. The molecule has 2 heterocycles. The van der Waals surface area contributed by atoms with Crippen molar-refractivity contribution in [1.82, 2.24) is 15.1 Å². The molecule has 0 radical (unpaired) electrons. The van der Waals surface area contributed by atoms with E-state index in [0.29, 0.717) is 0 Å². The molecule has 2 fully saturated rings. The third-order valence-electron chi connectivity index (χ3n) is 3.72. The average molecular weight is 223 g/mol. The second-order valence-electron chi connectivity index (χ2n) is 4.96. The Bertz CT molecular complexity index is 225. The number of allylic oxidation sites excluding steroid dienone is 1. The van der Waals surface area contributed by atoms with Crippen molar-refractivity contribution in [3.05, 3.63) is 11.6 Å². The lowest BCUT2D eigenvalue weighted by molar-refractivity contribution is 0.325. The van der Waals surface area contributed by atoms with Gasteiger partial charge >= 0.3 is 0 Å². The van der Waals surface area contributed by atoms with Crippen molar-refractivity contribution in [1.29, 1.82) is 0 Å². The topological polar surface area (TPSA) is 18.5 Å². The standard InChI is InChI=1S/C13H25N3/c1-2-13(11-16-10-6-14-12-16)5-9-15-7-3-4-8-15/h2,14H,3-12H2,1H3/b13-2-. The zero-order valence-electron chi connectivity index (χ0n) is 10.5. The van der Waals surface area contributed by atoms with Gasteiger partial charge in [-0.15, -0.1) is 0 Å². The highest BCUT2D eigenvalue weighted by Crippen LogP contribution is 2.12. The predicted molar refractivity (Wildman–Crippen MR) is 68.5 cm³/mol. The summed E-state index contributed by atoms with van der Waals surface area (Å²) in [6, 6.07) is 0. The highest BCUT2D eigenvalue weighted by atomic mass is 15.3. The molecule has 0 saturated carbocycles. The Morgan fingerprint density at radius 2 is 2.00 bits per heavy atom. The second kappa shape index (κ2) is 6.38. The first-order chi connectivity index (χ1) is 7.88. The molecule has 0 aromatic rings. The normalized spacial score (nSPS) is 24.4. The third kappa shape index (κ3) is 3.58. The third-order valence-corrected chi connectivity index (χ3v) is 3.72. The summed E-state index contributed by atoms with van der Waals surface area (Å²) in [5.74, 6) is 0. The van der Waals surface area contributed by atoms with Gasteiger partial charge < -0.3 is 10.2 Å². The molecule has 0 atom stereocenters. The van der Waals surface area contributed by atoms with Crippen LogP contribution in [0.15, 0.2) is 11.6 Å². The molecule has 2 aliphatic heterocycles. The summed E-state index contributed by atoms with van der Waals surface area (Å²) in [5, 5.41) is 3.39. The van der Waals surface area contributed by atoms with Crippen molar-refractivity contribution in [3.63, 3.8) is 0 Å². The number of rotatable bonds is 5. The summed E-state index contributed by atoms with van der Waals surface area (Å²) in [7, 11) is 0. The van der Waals surface area contributed by atoms with Crippen LogP contribution in [0.2, 0.25) is 0 Å². The van der Waals surface area contributed by atoms with Crippen LogP contribution in [-0.2, 0) is 0 Å². The van der Waals surface area contributed by atoms with Crippen molar-refractivity contribution in [2.45, 2.75) is 26.2 Å². The van der Waals surface area contributed by atoms with Gasteiger partial charge in [0.25, 0.3) is 0 Å². The van der Waals surface area contributed by atoms with Crippen LogP contribution in [0.1, 0.15) is 26.2 Å². The van der Waals surface area contributed by atoms with Gasteiger partial charge in [-0.25, -0.2) is 0 Å². The van der Waals surface area contributed by atoms with Crippen molar-refractivity contribution in [3.8, 4) is 0 Å². The maximum atomic E-state index is 3.39. The van der Waals surface area contributed by atoms with Gasteiger partial charge in [0, 0.05) is 32.8 Å². The van der Waals surface area contributed by atoms with Gasteiger partial charge in [0.15, 0.2) is 0 Å². The fourth-order valence-corrected chi connectivity index (χ4v) is 2.60. The van der Waals surface area contributed by atoms with E-state index < -0.39 is 0 Å². The Hall–Kier alpha value is -0.380. The first-order valence-corrected chi connectivity index (χ1v) is 6.68. The van der Waals surface area contributed by atoms with E-state index in [-0.39, 0.29) is 0 Å². The van der Waals surface area contributed by atoms with E-state index in [0.717, 1.165) is 19.8 Å². The van der Waals surface area contributed by atoms with Crippen LogP contribution < -0.4 is 5.32 Å². The number of nitrogens with one attached hydrogen (secondary N) is 1. The lowest BCUT2D eigenvalue weighted by Crippen LogP contribution is -2.26. The Kier molecular flexibility index (Phi) is 4.82. The molecule has 16 heavy (non-hydrogen) atoms. The summed E-state index contributed by atoms with van der Waals surface area (Å²) in [6.45, 7) is 10.7. The quantitative estimate of drug-likeness (QED) is 0.708. The molecule has 0 aliphatic carbocycles. The predicted octanol–water partition coefficient (Wildman–Crippen LogP) is 1.28. The van der Waals surface area contributed by atoms with Gasteiger partial charge in [-0.1, -0.05) is 11.6 Å². The Balaban J connectivity index is 1.68. The molecule has 3 heteroatoms. The van der Waals surface area contributed by atoms with E-state index in [9.17, 15) is 0 Å². The number of hydrogen-bond acceptors (Lipinski definition) is 3. The van der Waals surface area contributed by atoms with Gasteiger partial charge in [0.05, 0.1) is 0 Å². The lowest BCUT2D eigenvalue weighted by Gasteiger charge is -2.19. The zero-order valence-corrected chi connectivity index (χ0v) is 10.5. The largest absolute Gasteiger partial charge is 0.303 e. The molecule has 0 aromatic heterocycles. The SMILES string of the molecule is C/C=C(/CCN1CCCC1)CN1CCNC1. The Morgan fingerprint density at radius 3 is 2.62 bits per heavy atom. The van der Waals surface area contributed by atoms with E-state index in [1.54, 1.807) is 5.57 Å². The molecule has 1 N–H and O–H groups in total. The van der Waals surface area contributed by atoms with Crippen molar-refractivity contribution >= 4 is 0 Å². The van der Waals surface area contributed by atoms with Crippen LogP contribution in [0.5, 0.6) is 0 Å². The van der Waals surface area contributed by atoms with Crippen LogP contribution in [0, 0.1) is 0 Å². The molecule has 92 valence electrons. The van der Waals surface area contributed by atoms with Gasteiger partial charge in [0.1, 0.15) is 0 Å². The summed E-state index contributed by atoms with van der Waals surface area (Å²) in [5.41, 5.74) is 1.61. The lowest BCUT2D eigenvalue weighted by atomic mass is 10.1. The van der Waals surface area contributed by atoms with E-state index in [2.05, 4.69) is 28.1 Å². The van der Waals surface area contributed by atoms with E-state index in [4.69, 9.17) is 0 Å². The second-order valence-corrected chi connectivity index (χ2v) is 4.96. The molecular weight excluding hydrogens is 198 g/mol. The molecule has 3 nitrogen and oxygen atoms in total. The van der Waals surface area contributed by atoms with E-state index in [1.807, 2.05) is 0 Å². The first-order valence-electron chi connectivity index (χ1n) is 6.68. The van der Waals surface area contributed by atoms with Crippen LogP contribution in [0.3, 0.4) is 0 Å². The van der Waals surface area contributed by atoms with Crippen molar-refractivity contribution in [2.24, 2.45) is 0 Å². The fourth-order valence-electron chi connectivity index (χ4n) is 2.60. The van der Waals surface area contributed by atoms with Gasteiger partial charge in [0.2, 0.25) is 0 Å². The van der Waals surface area contributed by atoms with E-state index in [1.165, 1.54) is 45.4 Å². The fraction of sp³-hybridized carbons (Fsp3) is 0.846. The van der Waals surface area contributed by atoms with Crippen LogP contribution in [0.25, 0.3) is 0 Å². The summed E-state index contributed by atoms with van der Waals surface area (Å²) in [4.78, 5) is 5.10. The van der Waals surface area contributed by atoms with E-state index >= 15 is 0 Å². The Morgan fingerprint density at radius 1 is 1.19 bits per heavy atom. The molecular formula is C13H25N3. The molecule has 0 bridgehead atoms. The van der Waals surface area contributed by atoms with Crippen molar-refractivity contribution < 1.29 is 0 Å². The summed E-state index contributed by atoms with van der Waals surface area (Å²) >= 11 is 0. The smallest absolute Gasteiger partial charge is 0.0484 e. The summed E-state index contributed by atoms with van der Waals surface area (Å²) in [6.07, 6.45) is 6.38. The van der Waals surface area contributed by atoms with Gasteiger partial charge in [-0.2, -0.15) is 0 Å². The molecule has 0 spiro atoms. The molecule has 2 saturated heterocycles. The molecule has 0 aromatic carbocycles. The highest BCUT2D eigenvalue weighted by molar-refractivity contribution is 5.04. The summed E-state index contributed by atoms with van der Waals surface area (Å²) < 4.78 is 0. The zero-order chi connectivity index (χ0) is 11.2. The molecule has 0 amide bonds. The molecule has 2 rings (SSSR count). The number of nitrogens with zero attached hydrogens (tertiary/aromatic N) is 2. The van der Waals surface area contributed by atoms with Crippen LogP contribution in [0.4, 0.5) is 0 Å². The monoisotopic (exact) mass is 223 g/mol. The van der Waals surface area contributed by atoms with Crippen LogP contribution in [-0.4, -0.2) is 55.7 Å². The number of hydrogen-bond donors (Lipinski definition) is 1. The van der Waals surface area contributed by atoms with Gasteiger partial charge in [-0.3, -0.25) is 4.90 Å². The van der Waals surface area contributed by atoms with Crippen LogP contribution >= 0.6 is 0 Å². The van der Waals surface area contributed by atoms with Crippen molar-refractivity contribution in [2.75, 3.05) is 45.9 Å². The average Bonchev–Trinajstić information content (AvgIpc) is 2.97. The minimum Gasteiger partial charge on any atom is -0.303 e. The van der Waals surface area contributed by atoms with Gasteiger partial charge in [-0.05, 0) is 39.3 Å². The number of likely N-dealkylation sites (tertiary alicyclic amines) is 1.